The van der Waals surface area contributed by atoms with Gasteiger partial charge in [0.05, 0.1) is 28.5 Å². The van der Waals surface area contributed by atoms with Gasteiger partial charge in [-0.2, -0.15) is 13.2 Å². The van der Waals surface area contributed by atoms with Crippen LogP contribution in [0.2, 0.25) is 0 Å². The van der Waals surface area contributed by atoms with Gasteiger partial charge < -0.3 is 21.3 Å². The van der Waals surface area contributed by atoms with Crippen molar-refractivity contribution in [3.63, 3.8) is 0 Å². The summed E-state index contributed by atoms with van der Waals surface area (Å²) in [5, 5.41) is 6.11. The first kappa shape index (κ1) is 23.5. The van der Waals surface area contributed by atoms with E-state index >= 15 is 0 Å². The number of carbonyl (C=O) groups excluding carboxylic acids is 1. The van der Waals surface area contributed by atoms with Gasteiger partial charge in [-0.15, -0.1) is 0 Å². The molecule has 1 aromatic rings. The molecule has 0 bridgehead atoms. The lowest BCUT2D eigenvalue weighted by atomic mass is 9.78. The third-order valence-corrected chi connectivity index (χ3v) is 6.55. The highest BCUT2D eigenvalue weighted by Crippen LogP contribution is 2.40. The monoisotopic (exact) mass is 444 g/mol. The largest absolute Gasteiger partial charge is 0.397 e. The average Bonchev–Trinajstić information content (AvgIpc) is 3.15. The van der Waals surface area contributed by atoms with Crippen molar-refractivity contribution in [2.24, 2.45) is 11.8 Å². The number of rotatable bonds is 6. The molecular formula is C22H32F4N4O. The summed E-state index contributed by atoms with van der Waals surface area (Å²) in [7, 11) is 0. The highest BCUT2D eigenvalue weighted by Gasteiger charge is 2.42. The summed E-state index contributed by atoms with van der Waals surface area (Å²) in [5.74, 6) is -1.59. The number of nitrogens with one attached hydrogen (secondary N) is 2. The number of nitrogen functional groups attached to an aromatic ring is 1. The Morgan fingerprint density at radius 1 is 1.23 bits per heavy atom. The summed E-state index contributed by atoms with van der Waals surface area (Å²) in [4.78, 5) is 15.0. The SMILES string of the molecule is CCNc1cc(N2CC[C@@H](F)C2)c(C(=O)N[C@H](C)C2CCC(C(F)(F)F)CC2)cc1N. The first-order chi connectivity index (χ1) is 14.6. The molecule has 2 aliphatic rings. The van der Waals surface area contributed by atoms with Crippen molar-refractivity contribution in [3.8, 4) is 0 Å². The maximum absolute atomic E-state index is 13.8. The molecule has 2 fully saturated rings. The van der Waals surface area contributed by atoms with Crippen LogP contribution >= 0.6 is 0 Å². The second-order valence-corrected chi connectivity index (χ2v) is 8.73. The number of hydrogen-bond acceptors (Lipinski definition) is 4. The van der Waals surface area contributed by atoms with Crippen molar-refractivity contribution in [1.82, 2.24) is 5.32 Å². The zero-order chi connectivity index (χ0) is 22.8. The lowest BCUT2D eigenvalue weighted by molar-refractivity contribution is -0.184. The van der Waals surface area contributed by atoms with Gasteiger partial charge in [-0.3, -0.25) is 4.79 Å². The van der Waals surface area contributed by atoms with Crippen LogP contribution in [0.5, 0.6) is 0 Å². The molecule has 31 heavy (non-hydrogen) atoms. The number of anilines is 3. The number of halogens is 4. The van der Waals surface area contributed by atoms with E-state index in [1.54, 1.807) is 12.1 Å². The second kappa shape index (κ2) is 9.53. The third-order valence-electron chi connectivity index (χ3n) is 6.55. The van der Waals surface area contributed by atoms with Gasteiger partial charge in [-0.05, 0) is 64.0 Å². The first-order valence-electron chi connectivity index (χ1n) is 11.0. The Hall–Kier alpha value is -2.19. The van der Waals surface area contributed by atoms with E-state index in [2.05, 4.69) is 10.6 Å². The smallest absolute Gasteiger partial charge is 0.391 e. The quantitative estimate of drug-likeness (QED) is 0.438. The number of nitrogens with zero attached hydrogens (tertiary/aromatic N) is 1. The van der Waals surface area contributed by atoms with Crippen molar-refractivity contribution in [2.45, 2.75) is 64.3 Å². The zero-order valence-electron chi connectivity index (χ0n) is 18.1. The highest BCUT2D eigenvalue weighted by molar-refractivity contribution is 6.02. The maximum Gasteiger partial charge on any atom is 0.391 e. The highest BCUT2D eigenvalue weighted by atomic mass is 19.4. The summed E-state index contributed by atoms with van der Waals surface area (Å²) in [6.07, 6.45) is -3.65. The van der Waals surface area contributed by atoms with E-state index in [0.29, 0.717) is 55.0 Å². The van der Waals surface area contributed by atoms with Gasteiger partial charge in [0, 0.05) is 25.7 Å². The van der Waals surface area contributed by atoms with Gasteiger partial charge in [0.1, 0.15) is 6.17 Å². The molecule has 0 unspecified atom stereocenters. The normalized spacial score (nSPS) is 25.4. The van der Waals surface area contributed by atoms with Crippen LogP contribution in [-0.2, 0) is 0 Å². The molecule has 1 heterocycles. The molecule has 1 saturated heterocycles. The van der Waals surface area contributed by atoms with Crippen molar-refractivity contribution in [2.75, 3.05) is 35.6 Å². The van der Waals surface area contributed by atoms with Crippen LogP contribution in [0.3, 0.4) is 0 Å². The van der Waals surface area contributed by atoms with Crippen LogP contribution in [0.1, 0.15) is 56.3 Å². The standard InChI is InChI=1S/C22H32F4N4O/c1-3-28-19-11-20(30-9-8-16(23)12-30)17(10-18(19)27)21(31)29-13(2)14-4-6-15(7-5-14)22(24,25)26/h10-11,13-16,28H,3-9,12,27H2,1-2H3,(H,29,31)/t13-,14?,15?,16-/m1/s1. The molecule has 1 amide bonds. The number of nitrogens with two attached hydrogens (primary N) is 1. The Balaban J connectivity index is 1.74. The minimum atomic E-state index is -4.15. The Labute approximate surface area is 180 Å². The molecule has 1 aliphatic carbocycles. The fourth-order valence-electron chi connectivity index (χ4n) is 4.68. The number of hydrogen-bond donors (Lipinski definition) is 3. The zero-order valence-corrected chi connectivity index (χ0v) is 18.1. The molecule has 0 aromatic heterocycles. The molecular weight excluding hydrogens is 412 g/mol. The van der Waals surface area contributed by atoms with E-state index in [9.17, 15) is 22.4 Å². The van der Waals surface area contributed by atoms with E-state index in [1.165, 1.54) is 0 Å². The molecule has 3 rings (SSSR count). The van der Waals surface area contributed by atoms with E-state index in [-0.39, 0.29) is 37.3 Å². The summed E-state index contributed by atoms with van der Waals surface area (Å²) >= 11 is 0. The van der Waals surface area contributed by atoms with Gasteiger partial charge in [-0.25, -0.2) is 4.39 Å². The molecule has 0 spiro atoms. The molecule has 1 saturated carbocycles. The van der Waals surface area contributed by atoms with Gasteiger partial charge in [0.2, 0.25) is 0 Å². The van der Waals surface area contributed by atoms with Gasteiger partial charge in [0.25, 0.3) is 5.91 Å². The molecule has 4 N–H and O–H groups in total. The van der Waals surface area contributed by atoms with E-state index < -0.39 is 18.3 Å². The molecule has 2 atom stereocenters. The summed E-state index contributed by atoms with van der Waals surface area (Å²) in [5.41, 5.74) is 8.23. The Bertz CT molecular complexity index is 778. The van der Waals surface area contributed by atoms with Gasteiger partial charge in [-0.1, -0.05) is 0 Å². The minimum absolute atomic E-state index is 0.00797. The van der Waals surface area contributed by atoms with Crippen LogP contribution in [-0.4, -0.2) is 43.9 Å². The predicted octanol–water partition coefficient (Wildman–Crippen LogP) is 4.74. The van der Waals surface area contributed by atoms with Crippen LogP contribution < -0.4 is 21.3 Å². The summed E-state index contributed by atoms with van der Waals surface area (Å²) < 4.78 is 52.6. The van der Waals surface area contributed by atoms with Crippen molar-refractivity contribution >= 4 is 23.0 Å². The number of amides is 1. The lowest BCUT2D eigenvalue weighted by Crippen LogP contribution is -2.41. The Morgan fingerprint density at radius 2 is 1.90 bits per heavy atom. The Kier molecular flexibility index (Phi) is 7.21. The fraction of sp³-hybridized carbons (Fsp3) is 0.682. The minimum Gasteiger partial charge on any atom is -0.397 e. The van der Waals surface area contributed by atoms with E-state index in [1.807, 2.05) is 18.7 Å². The predicted molar refractivity (Wildman–Crippen MR) is 115 cm³/mol. The fourth-order valence-corrected chi connectivity index (χ4v) is 4.68. The van der Waals surface area contributed by atoms with Crippen molar-refractivity contribution < 1.29 is 22.4 Å². The number of alkyl halides is 4. The van der Waals surface area contributed by atoms with E-state index in [0.717, 1.165) is 0 Å². The average molecular weight is 445 g/mol. The molecule has 1 aromatic carbocycles. The van der Waals surface area contributed by atoms with Crippen molar-refractivity contribution in [1.29, 1.82) is 0 Å². The summed E-state index contributed by atoms with van der Waals surface area (Å²) in [6, 6.07) is 3.11. The number of benzene rings is 1. The molecule has 0 radical (unpaired) electrons. The van der Waals surface area contributed by atoms with E-state index in [4.69, 9.17) is 5.73 Å². The van der Waals surface area contributed by atoms with Crippen molar-refractivity contribution in [3.05, 3.63) is 17.7 Å². The number of carbonyl (C=O) groups is 1. The first-order valence-corrected chi connectivity index (χ1v) is 11.0. The van der Waals surface area contributed by atoms with Crippen LogP contribution in [0.25, 0.3) is 0 Å². The molecule has 9 heteroatoms. The third kappa shape index (κ3) is 5.54. The molecule has 1 aliphatic heterocycles. The molecule has 174 valence electrons. The Morgan fingerprint density at radius 3 is 2.45 bits per heavy atom. The van der Waals surface area contributed by atoms with Gasteiger partial charge >= 0.3 is 6.18 Å². The maximum atomic E-state index is 13.8. The summed E-state index contributed by atoms with van der Waals surface area (Å²) in [6.45, 7) is 5.14. The lowest BCUT2D eigenvalue weighted by Gasteiger charge is -2.33. The van der Waals surface area contributed by atoms with Crippen LogP contribution in [0.4, 0.5) is 34.6 Å². The topological polar surface area (TPSA) is 70.4 Å². The molecule has 5 nitrogen and oxygen atoms in total. The van der Waals surface area contributed by atoms with Gasteiger partial charge in [0.15, 0.2) is 0 Å². The van der Waals surface area contributed by atoms with Crippen LogP contribution in [0.15, 0.2) is 12.1 Å². The van der Waals surface area contributed by atoms with Crippen LogP contribution in [0, 0.1) is 11.8 Å². The second-order valence-electron chi connectivity index (χ2n) is 8.73.